The number of hydrogen-bond acceptors (Lipinski definition) is 10. The molecule has 1 aliphatic carbocycles. The molecule has 0 atom stereocenters. The quantitative estimate of drug-likeness (QED) is 0.182. The highest BCUT2D eigenvalue weighted by Gasteiger charge is 2.45. The normalized spacial score (nSPS) is 14.1. The Morgan fingerprint density at radius 3 is 2.20 bits per heavy atom. The fourth-order valence-corrected chi connectivity index (χ4v) is 4.46. The SMILES string of the molecule is CCOC(=O)c1cnc(NC2(c3c(CCCOC(=O)c4cnc(Cl)nc4)cccc3OC(F)(F)F)CCC2)nc1. The number of benzene rings is 1. The zero-order valence-corrected chi connectivity index (χ0v) is 22.1. The lowest BCUT2D eigenvalue weighted by Gasteiger charge is -2.44. The van der Waals surface area contributed by atoms with Crippen LogP contribution in [0.4, 0.5) is 19.1 Å². The Bertz CT molecular complexity index is 1340. The first kappa shape index (κ1) is 29.0. The second-order valence-corrected chi connectivity index (χ2v) is 9.23. The molecule has 1 aromatic carbocycles. The topological polar surface area (TPSA) is 125 Å². The van der Waals surface area contributed by atoms with Crippen molar-refractivity contribution in [2.45, 2.75) is 50.9 Å². The van der Waals surface area contributed by atoms with E-state index in [0.717, 1.165) is 6.42 Å². The van der Waals surface area contributed by atoms with Crippen molar-refractivity contribution in [1.82, 2.24) is 19.9 Å². The van der Waals surface area contributed by atoms with E-state index < -0.39 is 23.8 Å². The van der Waals surface area contributed by atoms with Crippen LogP contribution >= 0.6 is 11.6 Å². The molecule has 3 aromatic rings. The predicted octanol–water partition coefficient (Wildman–Crippen LogP) is 5.28. The molecule has 0 radical (unpaired) electrons. The molecule has 0 bridgehead atoms. The molecule has 4 rings (SSSR count). The van der Waals surface area contributed by atoms with Crippen LogP contribution in [0, 0.1) is 0 Å². The lowest BCUT2D eigenvalue weighted by molar-refractivity contribution is -0.275. The first-order chi connectivity index (χ1) is 19.1. The highest BCUT2D eigenvalue weighted by Crippen LogP contribution is 2.49. The minimum absolute atomic E-state index is 0.00408. The molecule has 1 aliphatic rings. The van der Waals surface area contributed by atoms with E-state index in [1.807, 2.05) is 0 Å². The van der Waals surface area contributed by atoms with Gasteiger partial charge in [0.05, 0.1) is 29.9 Å². The largest absolute Gasteiger partial charge is 0.573 e. The molecule has 0 unspecified atom stereocenters. The van der Waals surface area contributed by atoms with Crippen LogP contribution < -0.4 is 10.1 Å². The summed E-state index contributed by atoms with van der Waals surface area (Å²) in [6.45, 7) is 1.87. The minimum Gasteiger partial charge on any atom is -0.462 e. The van der Waals surface area contributed by atoms with Gasteiger partial charge in [0.1, 0.15) is 5.75 Å². The first-order valence-electron chi connectivity index (χ1n) is 12.4. The predicted molar refractivity (Wildman–Crippen MR) is 136 cm³/mol. The zero-order chi connectivity index (χ0) is 28.8. The molecule has 1 N–H and O–H groups in total. The Hall–Kier alpha value is -4.00. The van der Waals surface area contributed by atoms with E-state index in [0.29, 0.717) is 36.8 Å². The lowest BCUT2D eigenvalue weighted by atomic mass is 9.69. The van der Waals surface area contributed by atoms with Crippen LogP contribution in [0.5, 0.6) is 5.75 Å². The summed E-state index contributed by atoms with van der Waals surface area (Å²) in [6.07, 6.45) is 2.49. The molecule has 2 aromatic heterocycles. The van der Waals surface area contributed by atoms with Crippen molar-refractivity contribution < 1.29 is 37.0 Å². The highest BCUT2D eigenvalue weighted by molar-refractivity contribution is 6.28. The van der Waals surface area contributed by atoms with Crippen LogP contribution in [-0.4, -0.2) is 51.5 Å². The molecule has 1 saturated carbocycles. The van der Waals surface area contributed by atoms with E-state index in [-0.39, 0.29) is 41.3 Å². The molecular formula is C26H25ClF3N5O5. The molecular weight excluding hydrogens is 555 g/mol. The van der Waals surface area contributed by atoms with Gasteiger partial charge in [-0.3, -0.25) is 0 Å². The van der Waals surface area contributed by atoms with E-state index in [9.17, 15) is 22.8 Å². The molecule has 0 saturated heterocycles. The van der Waals surface area contributed by atoms with Crippen molar-refractivity contribution in [2.24, 2.45) is 0 Å². The van der Waals surface area contributed by atoms with Gasteiger partial charge in [0, 0.05) is 30.4 Å². The number of alkyl halides is 3. The van der Waals surface area contributed by atoms with Gasteiger partial charge in [-0.25, -0.2) is 29.5 Å². The summed E-state index contributed by atoms with van der Waals surface area (Å²) in [5.74, 6) is -1.43. The van der Waals surface area contributed by atoms with Crippen LogP contribution in [0.1, 0.15) is 64.4 Å². The number of esters is 2. The number of nitrogens with zero attached hydrogens (tertiary/aromatic N) is 4. The van der Waals surface area contributed by atoms with Crippen molar-refractivity contribution in [3.05, 3.63) is 70.5 Å². The maximum atomic E-state index is 13.4. The van der Waals surface area contributed by atoms with E-state index >= 15 is 0 Å². The monoisotopic (exact) mass is 579 g/mol. The van der Waals surface area contributed by atoms with Gasteiger partial charge in [0.25, 0.3) is 0 Å². The molecule has 40 heavy (non-hydrogen) atoms. The molecule has 0 spiro atoms. The van der Waals surface area contributed by atoms with Gasteiger partial charge in [-0.15, -0.1) is 13.2 Å². The summed E-state index contributed by atoms with van der Waals surface area (Å²) < 4.78 is 54.7. The average molecular weight is 580 g/mol. The number of nitrogens with one attached hydrogen (secondary N) is 1. The summed E-state index contributed by atoms with van der Waals surface area (Å²) >= 11 is 5.63. The highest BCUT2D eigenvalue weighted by atomic mass is 35.5. The first-order valence-corrected chi connectivity index (χ1v) is 12.8. The Labute approximate surface area is 232 Å². The van der Waals surface area contributed by atoms with E-state index in [4.69, 9.17) is 21.1 Å². The Balaban J connectivity index is 1.54. The van der Waals surface area contributed by atoms with Crippen molar-refractivity contribution in [1.29, 1.82) is 0 Å². The van der Waals surface area contributed by atoms with Crippen LogP contribution in [0.15, 0.2) is 43.0 Å². The maximum Gasteiger partial charge on any atom is 0.573 e. The number of anilines is 1. The van der Waals surface area contributed by atoms with Gasteiger partial charge < -0.3 is 19.5 Å². The number of aromatic nitrogens is 4. The van der Waals surface area contributed by atoms with Gasteiger partial charge in [0.2, 0.25) is 11.2 Å². The summed E-state index contributed by atoms with van der Waals surface area (Å²) in [7, 11) is 0. The van der Waals surface area contributed by atoms with Crippen LogP contribution in [0.2, 0.25) is 5.28 Å². The van der Waals surface area contributed by atoms with Gasteiger partial charge in [-0.2, -0.15) is 0 Å². The molecule has 1 fully saturated rings. The zero-order valence-electron chi connectivity index (χ0n) is 21.3. The van der Waals surface area contributed by atoms with Crippen molar-refractivity contribution >= 4 is 29.5 Å². The Kier molecular flexibility index (Phi) is 9.03. The molecule has 0 amide bonds. The molecule has 14 heteroatoms. The van der Waals surface area contributed by atoms with Crippen molar-refractivity contribution in [2.75, 3.05) is 18.5 Å². The summed E-state index contributed by atoms with van der Waals surface area (Å²) in [6, 6.07) is 4.45. The average Bonchev–Trinajstić information content (AvgIpc) is 2.89. The fraction of sp³-hybridized carbons (Fsp3) is 0.385. The number of rotatable bonds is 11. The number of carbonyl (C=O) groups excluding carboxylic acids is 2. The standard InChI is InChI=1S/C26H25ClF3N5O5/c1-2-38-21(36)18-14-33-24(34-15-18)35-25(9-5-10-25)20-16(6-3-8-19(20)40-26(28,29)30)7-4-11-39-22(37)17-12-31-23(27)32-13-17/h3,6,8,12-15H,2,4-5,7,9-11H2,1H3,(H,33,34,35). The molecule has 2 heterocycles. The minimum atomic E-state index is -4.91. The summed E-state index contributed by atoms with van der Waals surface area (Å²) in [5, 5.41) is 3.17. The second kappa shape index (κ2) is 12.5. The number of hydrogen-bond donors (Lipinski definition) is 1. The summed E-state index contributed by atoms with van der Waals surface area (Å²) in [5.41, 5.74) is 0.241. The third-order valence-electron chi connectivity index (χ3n) is 6.22. The van der Waals surface area contributed by atoms with Crippen molar-refractivity contribution in [3.8, 4) is 5.75 Å². The van der Waals surface area contributed by atoms with E-state index in [2.05, 4.69) is 30.0 Å². The molecule has 0 aliphatic heterocycles. The third kappa shape index (κ3) is 7.14. The van der Waals surface area contributed by atoms with E-state index in [1.165, 1.54) is 36.9 Å². The lowest BCUT2D eigenvalue weighted by Crippen LogP contribution is -2.44. The summed E-state index contributed by atoms with van der Waals surface area (Å²) in [4.78, 5) is 40.0. The van der Waals surface area contributed by atoms with Gasteiger partial charge >= 0.3 is 18.3 Å². The van der Waals surface area contributed by atoms with E-state index in [1.54, 1.807) is 13.0 Å². The van der Waals surface area contributed by atoms with Crippen molar-refractivity contribution in [3.63, 3.8) is 0 Å². The second-order valence-electron chi connectivity index (χ2n) is 8.89. The van der Waals surface area contributed by atoms with Crippen LogP contribution in [-0.2, 0) is 21.4 Å². The number of halogens is 4. The maximum absolute atomic E-state index is 13.4. The molecule has 10 nitrogen and oxygen atoms in total. The van der Waals surface area contributed by atoms with Gasteiger partial charge in [0.15, 0.2) is 0 Å². The van der Waals surface area contributed by atoms with Crippen LogP contribution in [0.3, 0.4) is 0 Å². The Morgan fingerprint density at radius 1 is 1.00 bits per heavy atom. The van der Waals surface area contributed by atoms with Crippen LogP contribution in [0.25, 0.3) is 0 Å². The smallest absolute Gasteiger partial charge is 0.462 e. The Morgan fingerprint density at radius 2 is 1.62 bits per heavy atom. The number of carbonyl (C=O) groups is 2. The van der Waals surface area contributed by atoms with Gasteiger partial charge in [-0.1, -0.05) is 12.1 Å². The third-order valence-corrected chi connectivity index (χ3v) is 6.41. The number of aryl methyl sites for hydroxylation is 1. The van der Waals surface area contributed by atoms with Gasteiger partial charge in [-0.05, 0) is 62.3 Å². The fourth-order valence-electron chi connectivity index (χ4n) is 4.36. The molecule has 212 valence electrons. The number of ether oxygens (including phenoxy) is 3.